The minimum absolute atomic E-state index is 0.452. The second kappa shape index (κ2) is 5.03. The van der Waals surface area contributed by atoms with Gasteiger partial charge in [0.15, 0.2) is 0 Å². The lowest BCUT2D eigenvalue weighted by atomic mass is 10.1. The maximum Gasteiger partial charge on any atom is 0.142 e. The van der Waals surface area contributed by atoms with E-state index in [1.165, 1.54) is 6.42 Å². The SMILES string of the molecule is CNCCCC1COc2ccccc2N1. The van der Waals surface area contributed by atoms with Crippen LogP contribution < -0.4 is 15.4 Å². The van der Waals surface area contributed by atoms with Crippen LogP contribution in [-0.4, -0.2) is 26.2 Å². The molecule has 0 fully saturated rings. The minimum Gasteiger partial charge on any atom is -0.489 e. The first kappa shape index (κ1) is 10.3. The van der Waals surface area contributed by atoms with Crippen molar-refractivity contribution in [3.8, 4) is 5.75 Å². The zero-order valence-electron chi connectivity index (χ0n) is 9.12. The summed E-state index contributed by atoms with van der Waals surface area (Å²) in [4.78, 5) is 0. The Morgan fingerprint density at radius 1 is 1.47 bits per heavy atom. The lowest BCUT2D eigenvalue weighted by Gasteiger charge is -2.27. The maximum atomic E-state index is 5.68. The van der Waals surface area contributed by atoms with E-state index in [4.69, 9.17) is 4.74 Å². The highest BCUT2D eigenvalue weighted by molar-refractivity contribution is 5.58. The maximum absolute atomic E-state index is 5.68. The van der Waals surface area contributed by atoms with E-state index >= 15 is 0 Å². The van der Waals surface area contributed by atoms with Gasteiger partial charge in [0.25, 0.3) is 0 Å². The molecule has 0 radical (unpaired) electrons. The van der Waals surface area contributed by atoms with Gasteiger partial charge in [-0.25, -0.2) is 0 Å². The molecule has 3 heteroatoms. The number of ether oxygens (including phenoxy) is 1. The molecule has 1 atom stereocenters. The van der Waals surface area contributed by atoms with Crippen LogP contribution in [0.15, 0.2) is 24.3 Å². The fourth-order valence-electron chi connectivity index (χ4n) is 1.84. The van der Waals surface area contributed by atoms with E-state index in [1.807, 2.05) is 25.2 Å². The van der Waals surface area contributed by atoms with Gasteiger partial charge in [-0.05, 0) is 38.6 Å². The predicted molar refractivity (Wildman–Crippen MR) is 62.5 cm³/mol. The monoisotopic (exact) mass is 206 g/mol. The molecule has 0 aromatic heterocycles. The molecule has 0 saturated carbocycles. The number of anilines is 1. The number of rotatable bonds is 4. The van der Waals surface area contributed by atoms with Crippen LogP contribution in [0.2, 0.25) is 0 Å². The van der Waals surface area contributed by atoms with E-state index in [0.29, 0.717) is 6.04 Å². The van der Waals surface area contributed by atoms with Gasteiger partial charge in [-0.3, -0.25) is 0 Å². The summed E-state index contributed by atoms with van der Waals surface area (Å²) in [6.07, 6.45) is 2.33. The number of benzene rings is 1. The standard InChI is InChI=1S/C12H18N2O/c1-13-8-4-5-10-9-15-12-7-3-2-6-11(12)14-10/h2-3,6-7,10,13-14H,4-5,8-9H2,1H3. The quantitative estimate of drug-likeness (QED) is 0.738. The highest BCUT2D eigenvalue weighted by atomic mass is 16.5. The second-order valence-electron chi connectivity index (χ2n) is 3.89. The van der Waals surface area contributed by atoms with Crippen molar-refractivity contribution in [1.82, 2.24) is 5.32 Å². The third kappa shape index (κ3) is 2.63. The summed E-state index contributed by atoms with van der Waals surface area (Å²) in [5, 5.41) is 6.66. The Labute approximate surface area is 90.8 Å². The van der Waals surface area contributed by atoms with Crippen molar-refractivity contribution in [3.63, 3.8) is 0 Å². The minimum atomic E-state index is 0.452. The normalized spacial score (nSPS) is 18.9. The summed E-state index contributed by atoms with van der Waals surface area (Å²) in [6.45, 7) is 1.85. The zero-order chi connectivity index (χ0) is 10.5. The van der Waals surface area contributed by atoms with Crippen LogP contribution >= 0.6 is 0 Å². The molecule has 0 spiro atoms. The molecular weight excluding hydrogens is 188 g/mol. The Morgan fingerprint density at radius 3 is 3.20 bits per heavy atom. The topological polar surface area (TPSA) is 33.3 Å². The number of nitrogens with one attached hydrogen (secondary N) is 2. The molecule has 3 nitrogen and oxygen atoms in total. The van der Waals surface area contributed by atoms with Crippen molar-refractivity contribution < 1.29 is 4.74 Å². The first-order valence-electron chi connectivity index (χ1n) is 5.53. The van der Waals surface area contributed by atoms with Crippen molar-refractivity contribution in [3.05, 3.63) is 24.3 Å². The Morgan fingerprint density at radius 2 is 2.33 bits per heavy atom. The van der Waals surface area contributed by atoms with Crippen molar-refractivity contribution in [1.29, 1.82) is 0 Å². The van der Waals surface area contributed by atoms with Gasteiger partial charge < -0.3 is 15.4 Å². The first-order chi connectivity index (χ1) is 7.40. The van der Waals surface area contributed by atoms with Gasteiger partial charge in [0.2, 0.25) is 0 Å². The molecule has 1 aliphatic heterocycles. The molecule has 1 unspecified atom stereocenters. The first-order valence-corrected chi connectivity index (χ1v) is 5.53. The van der Waals surface area contributed by atoms with Crippen molar-refractivity contribution in [2.45, 2.75) is 18.9 Å². The van der Waals surface area contributed by atoms with Crippen LogP contribution in [0, 0.1) is 0 Å². The average Bonchev–Trinajstić information content (AvgIpc) is 2.29. The smallest absolute Gasteiger partial charge is 0.142 e. The van der Waals surface area contributed by atoms with Gasteiger partial charge in [-0.1, -0.05) is 12.1 Å². The van der Waals surface area contributed by atoms with Crippen molar-refractivity contribution >= 4 is 5.69 Å². The third-order valence-corrected chi connectivity index (χ3v) is 2.67. The van der Waals surface area contributed by atoms with Gasteiger partial charge in [0, 0.05) is 0 Å². The molecule has 1 aromatic rings. The van der Waals surface area contributed by atoms with E-state index in [1.54, 1.807) is 0 Å². The van der Waals surface area contributed by atoms with Crippen LogP contribution in [-0.2, 0) is 0 Å². The van der Waals surface area contributed by atoms with Crippen molar-refractivity contribution in [2.24, 2.45) is 0 Å². The van der Waals surface area contributed by atoms with Crippen LogP contribution in [0.1, 0.15) is 12.8 Å². The van der Waals surface area contributed by atoms with E-state index in [0.717, 1.165) is 31.0 Å². The summed E-state index contributed by atoms with van der Waals surface area (Å²) >= 11 is 0. The molecule has 82 valence electrons. The lowest BCUT2D eigenvalue weighted by molar-refractivity contribution is 0.276. The van der Waals surface area contributed by atoms with Gasteiger partial charge in [-0.2, -0.15) is 0 Å². The van der Waals surface area contributed by atoms with Crippen LogP contribution in [0.5, 0.6) is 5.75 Å². The Kier molecular flexibility index (Phi) is 3.45. The molecule has 0 aliphatic carbocycles. The van der Waals surface area contributed by atoms with Crippen LogP contribution in [0.3, 0.4) is 0 Å². The molecule has 1 aliphatic rings. The summed E-state index contributed by atoms with van der Waals surface area (Å²) < 4.78 is 5.68. The molecule has 15 heavy (non-hydrogen) atoms. The lowest BCUT2D eigenvalue weighted by Crippen LogP contribution is -2.31. The Balaban J connectivity index is 1.88. The molecule has 2 N–H and O–H groups in total. The van der Waals surface area contributed by atoms with Gasteiger partial charge >= 0.3 is 0 Å². The number of hydrogen-bond acceptors (Lipinski definition) is 3. The number of para-hydroxylation sites is 2. The van der Waals surface area contributed by atoms with E-state index in [-0.39, 0.29) is 0 Å². The number of hydrogen-bond donors (Lipinski definition) is 2. The molecule has 1 aromatic carbocycles. The summed E-state index contributed by atoms with van der Waals surface area (Å²) in [7, 11) is 1.99. The van der Waals surface area contributed by atoms with Crippen molar-refractivity contribution in [2.75, 3.05) is 25.5 Å². The van der Waals surface area contributed by atoms with Gasteiger partial charge in [0.05, 0.1) is 11.7 Å². The summed E-state index contributed by atoms with van der Waals surface area (Å²) in [5.74, 6) is 0.974. The predicted octanol–water partition coefficient (Wildman–Crippen LogP) is 1.86. The number of fused-ring (bicyclic) bond motifs is 1. The molecule has 0 amide bonds. The van der Waals surface area contributed by atoms with E-state index < -0.39 is 0 Å². The zero-order valence-corrected chi connectivity index (χ0v) is 9.12. The van der Waals surface area contributed by atoms with Gasteiger partial charge in [0.1, 0.15) is 12.4 Å². The van der Waals surface area contributed by atoms with Crippen LogP contribution in [0.4, 0.5) is 5.69 Å². The Bertz CT molecular complexity index is 314. The summed E-state index contributed by atoms with van der Waals surface area (Å²) in [6, 6.07) is 8.56. The second-order valence-corrected chi connectivity index (χ2v) is 3.89. The fraction of sp³-hybridized carbons (Fsp3) is 0.500. The molecular formula is C12H18N2O. The van der Waals surface area contributed by atoms with E-state index in [9.17, 15) is 0 Å². The molecule has 0 bridgehead atoms. The summed E-state index contributed by atoms with van der Waals surface area (Å²) in [5.41, 5.74) is 1.12. The fourth-order valence-corrected chi connectivity index (χ4v) is 1.84. The third-order valence-electron chi connectivity index (χ3n) is 2.67. The highest BCUT2D eigenvalue weighted by Gasteiger charge is 2.17. The highest BCUT2D eigenvalue weighted by Crippen LogP contribution is 2.28. The largest absolute Gasteiger partial charge is 0.489 e. The molecule has 2 rings (SSSR count). The van der Waals surface area contributed by atoms with Gasteiger partial charge in [-0.15, -0.1) is 0 Å². The molecule has 0 saturated heterocycles. The van der Waals surface area contributed by atoms with E-state index in [2.05, 4.69) is 16.7 Å². The average molecular weight is 206 g/mol. The Hall–Kier alpha value is -1.22. The molecule has 1 heterocycles. The van der Waals surface area contributed by atoms with Crippen LogP contribution in [0.25, 0.3) is 0 Å².